The lowest BCUT2D eigenvalue weighted by Crippen LogP contribution is -2.37. The zero-order chi connectivity index (χ0) is 29.6. The third kappa shape index (κ3) is 5.42. The summed E-state index contributed by atoms with van der Waals surface area (Å²) in [5, 5.41) is 18.8. The molecule has 11 nitrogen and oxygen atoms in total. The third-order valence-corrected chi connectivity index (χ3v) is 9.34. The van der Waals surface area contributed by atoms with E-state index in [0.717, 1.165) is 33.3 Å². The number of fused-ring (bicyclic) bond motifs is 6. The van der Waals surface area contributed by atoms with Crippen LogP contribution >= 0.6 is 11.6 Å². The molecule has 2 unspecified atom stereocenters. The van der Waals surface area contributed by atoms with Gasteiger partial charge in [-0.05, 0) is 53.8 Å². The van der Waals surface area contributed by atoms with E-state index in [1.807, 2.05) is 44.2 Å². The molecule has 4 aromatic rings. The Morgan fingerprint density at radius 3 is 2.67 bits per heavy atom. The van der Waals surface area contributed by atoms with E-state index in [-0.39, 0.29) is 36.9 Å². The van der Waals surface area contributed by atoms with Gasteiger partial charge < -0.3 is 18.8 Å². The van der Waals surface area contributed by atoms with E-state index in [9.17, 15) is 18.3 Å². The molecule has 3 aromatic carbocycles. The van der Waals surface area contributed by atoms with Crippen LogP contribution in [0.4, 0.5) is 0 Å². The average molecular weight is 613 g/mol. The van der Waals surface area contributed by atoms with Crippen molar-refractivity contribution in [3.63, 3.8) is 0 Å². The molecule has 0 saturated carbocycles. The first-order valence-electron chi connectivity index (χ1n) is 13.5. The van der Waals surface area contributed by atoms with Crippen LogP contribution in [-0.4, -0.2) is 58.6 Å². The highest BCUT2D eigenvalue weighted by Crippen LogP contribution is 2.39. The van der Waals surface area contributed by atoms with E-state index < -0.39 is 22.2 Å². The van der Waals surface area contributed by atoms with E-state index in [1.165, 1.54) is 10.4 Å². The van der Waals surface area contributed by atoms with Gasteiger partial charge in [0.15, 0.2) is 0 Å². The number of aliphatic carboxylic acids is 1. The van der Waals surface area contributed by atoms with E-state index in [2.05, 4.69) is 10.3 Å². The fourth-order valence-electron chi connectivity index (χ4n) is 5.50. The maximum atomic E-state index is 13.2. The zero-order valence-corrected chi connectivity index (χ0v) is 24.6. The molecule has 4 heterocycles. The van der Waals surface area contributed by atoms with Gasteiger partial charge in [-0.3, -0.25) is 4.79 Å². The SMILES string of the molecule is Cc1ccc2cc1CN1Cc3cc(c(Cl)cc3OS1(=O)=O)OCCOCCn1nnc3c(C)c(ccc31)C2CC(=O)O. The normalized spacial score (nSPS) is 20.2. The molecule has 3 aliphatic heterocycles. The second-order valence-electron chi connectivity index (χ2n) is 10.5. The Balaban J connectivity index is 1.46. The number of benzene rings is 3. The molecule has 220 valence electrons. The number of hydrogen-bond acceptors (Lipinski definition) is 8. The monoisotopic (exact) mass is 612 g/mol. The lowest BCUT2D eigenvalue weighted by Gasteiger charge is -2.29. The van der Waals surface area contributed by atoms with Crippen molar-refractivity contribution in [1.82, 2.24) is 19.3 Å². The van der Waals surface area contributed by atoms with Crippen molar-refractivity contribution in [2.24, 2.45) is 0 Å². The summed E-state index contributed by atoms with van der Waals surface area (Å²) in [5.74, 6) is -0.891. The molecule has 9 bridgehead atoms. The Kier molecular flexibility index (Phi) is 7.56. The molecule has 0 spiro atoms. The number of aryl methyl sites for hydroxylation is 2. The van der Waals surface area contributed by atoms with Crippen LogP contribution in [0.25, 0.3) is 11.0 Å². The smallest absolute Gasteiger partial charge is 0.385 e. The number of aromatic nitrogens is 3. The maximum Gasteiger partial charge on any atom is 0.385 e. The van der Waals surface area contributed by atoms with Crippen LogP contribution in [0.3, 0.4) is 0 Å². The van der Waals surface area contributed by atoms with Crippen LogP contribution in [0, 0.1) is 13.8 Å². The van der Waals surface area contributed by atoms with E-state index in [0.29, 0.717) is 36.6 Å². The van der Waals surface area contributed by atoms with Gasteiger partial charge in [-0.2, -0.15) is 12.7 Å². The lowest BCUT2D eigenvalue weighted by molar-refractivity contribution is -0.137. The number of carboxylic acids is 1. The molecule has 7 rings (SSSR count). The fourth-order valence-corrected chi connectivity index (χ4v) is 6.79. The molecular weight excluding hydrogens is 584 g/mol. The molecule has 2 atom stereocenters. The van der Waals surface area contributed by atoms with E-state index in [1.54, 1.807) is 10.7 Å². The quantitative estimate of drug-likeness (QED) is 0.350. The largest absolute Gasteiger partial charge is 0.490 e. The van der Waals surface area contributed by atoms with Crippen LogP contribution in [0.1, 0.15) is 45.7 Å². The second-order valence-corrected chi connectivity index (χ2v) is 12.4. The van der Waals surface area contributed by atoms with Crippen molar-refractivity contribution < 1.29 is 32.0 Å². The number of ether oxygens (including phenoxy) is 2. The summed E-state index contributed by atoms with van der Waals surface area (Å²) in [5.41, 5.74) is 6.12. The number of carbonyl (C=O) groups is 1. The van der Waals surface area contributed by atoms with Gasteiger partial charge in [0.1, 0.15) is 23.6 Å². The molecular formula is C29H29ClN4O7S. The Morgan fingerprint density at radius 2 is 1.86 bits per heavy atom. The summed E-state index contributed by atoms with van der Waals surface area (Å²) in [6.07, 6.45) is -0.154. The minimum atomic E-state index is -4.13. The Bertz CT molecular complexity index is 1810. The van der Waals surface area contributed by atoms with Gasteiger partial charge in [0.25, 0.3) is 0 Å². The van der Waals surface area contributed by atoms with Crippen LogP contribution in [0.2, 0.25) is 5.02 Å². The van der Waals surface area contributed by atoms with Gasteiger partial charge in [0.05, 0.1) is 36.7 Å². The maximum absolute atomic E-state index is 13.2. The molecule has 0 amide bonds. The Labute approximate surface area is 247 Å². The Morgan fingerprint density at radius 1 is 1.05 bits per heavy atom. The summed E-state index contributed by atoms with van der Waals surface area (Å²) in [4.78, 5) is 12.0. The highest BCUT2D eigenvalue weighted by molar-refractivity contribution is 7.84. The highest BCUT2D eigenvalue weighted by atomic mass is 35.5. The average Bonchev–Trinajstić information content (AvgIpc) is 3.35. The number of carboxylic acid groups (broad SMARTS) is 1. The number of nitrogens with zero attached hydrogens (tertiary/aromatic N) is 4. The van der Waals surface area contributed by atoms with Crippen LogP contribution in [0.5, 0.6) is 11.5 Å². The van der Waals surface area contributed by atoms with Gasteiger partial charge in [-0.25, -0.2) is 4.68 Å². The van der Waals surface area contributed by atoms with Gasteiger partial charge in [0, 0.05) is 30.6 Å². The molecule has 1 N–H and O–H groups in total. The third-order valence-electron chi connectivity index (χ3n) is 7.76. The van der Waals surface area contributed by atoms with E-state index in [4.69, 9.17) is 25.3 Å². The lowest BCUT2D eigenvalue weighted by atomic mass is 9.84. The summed E-state index contributed by atoms with van der Waals surface area (Å²) in [6.45, 7) is 5.25. The minimum absolute atomic E-state index is 0.0280. The predicted octanol–water partition coefficient (Wildman–Crippen LogP) is 4.36. The summed E-state index contributed by atoms with van der Waals surface area (Å²) >= 11 is 6.38. The van der Waals surface area contributed by atoms with Gasteiger partial charge in [-0.15, -0.1) is 5.10 Å². The van der Waals surface area contributed by atoms with Crippen molar-refractivity contribution in [3.05, 3.63) is 80.9 Å². The molecule has 0 fully saturated rings. The Hall–Kier alpha value is -3.71. The van der Waals surface area contributed by atoms with Crippen molar-refractivity contribution >= 4 is 38.9 Å². The number of hydrogen-bond donors (Lipinski definition) is 1. The van der Waals surface area contributed by atoms with Crippen molar-refractivity contribution in [2.45, 2.75) is 45.8 Å². The number of rotatable bonds is 2. The first kappa shape index (κ1) is 28.4. The fraction of sp³-hybridized carbons (Fsp3) is 0.345. The van der Waals surface area contributed by atoms with Gasteiger partial charge in [0.2, 0.25) is 0 Å². The number of halogens is 1. The topological polar surface area (TPSA) is 133 Å². The molecule has 0 aliphatic carbocycles. The summed E-state index contributed by atoms with van der Waals surface area (Å²) < 4.78 is 46.3. The second kappa shape index (κ2) is 11.2. The molecule has 0 radical (unpaired) electrons. The highest BCUT2D eigenvalue weighted by Gasteiger charge is 2.33. The first-order valence-corrected chi connectivity index (χ1v) is 15.2. The van der Waals surface area contributed by atoms with Crippen molar-refractivity contribution in [1.29, 1.82) is 0 Å². The van der Waals surface area contributed by atoms with Crippen LogP contribution in [-0.2, 0) is 39.5 Å². The molecule has 3 aliphatic rings. The van der Waals surface area contributed by atoms with Gasteiger partial charge >= 0.3 is 16.3 Å². The first-order chi connectivity index (χ1) is 20.1. The molecule has 13 heteroatoms. The molecule has 1 aromatic heterocycles. The zero-order valence-electron chi connectivity index (χ0n) is 23.0. The summed E-state index contributed by atoms with van der Waals surface area (Å²) in [6, 6.07) is 12.6. The standard InChI is InChI=1S/C29H29ClN4O7S/c1-17-3-4-19-11-20(17)15-33-16-21-12-27(24(30)14-26(21)41-42(33,37)38)40-10-9-39-8-7-34-25-6-5-22(23(19)13-28(35)36)18(2)29(25)31-32-34/h3-6,11-12,14,23H,7-10,13,15-16H2,1-2H3,(H,35,36). The minimum Gasteiger partial charge on any atom is -0.490 e. The van der Waals surface area contributed by atoms with E-state index >= 15 is 0 Å². The predicted molar refractivity (Wildman–Crippen MR) is 154 cm³/mol. The van der Waals surface area contributed by atoms with Crippen molar-refractivity contribution in [2.75, 3.05) is 19.8 Å². The van der Waals surface area contributed by atoms with Crippen molar-refractivity contribution in [3.8, 4) is 11.5 Å². The van der Waals surface area contributed by atoms with Crippen LogP contribution < -0.4 is 8.92 Å². The van der Waals surface area contributed by atoms with Gasteiger partial charge in [-0.1, -0.05) is 41.1 Å². The summed E-state index contributed by atoms with van der Waals surface area (Å²) in [7, 11) is -4.13. The van der Waals surface area contributed by atoms with Crippen LogP contribution in [0.15, 0.2) is 42.5 Å². The molecule has 0 saturated heterocycles. The molecule has 42 heavy (non-hydrogen) atoms.